The number of hydrogen-bond acceptors (Lipinski definition) is 5. The predicted octanol–water partition coefficient (Wildman–Crippen LogP) is 0.605. The summed E-state index contributed by atoms with van der Waals surface area (Å²) in [6.07, 6.45) is 0. The third-order valence-corrected chi connectivity index (χ3v) is 2.86. The summed E-state index contributed by atoms with van der Waals surface area (Å²) in [6.45, 7) is 7.69. The smallest absolute Gasteiger partial charge is 0.233 e. The van der Waals surface area contributed by atoms with Crippen molar-refractivity contribution in [2.75, 3.05) is 0 Å². The van der Waals surface area contributed by atoms with Crippen molar-refractivity contribution in [3.63, 3.8) is 0 Å². The number of aromatic nitrogens is 4. The third-order valence-electron chi connectivity index (χ3n) is 1.73. The fourth-order valence-corrected chi connectivity index (χ4v) is 1.76. The minimum absolute atomic E-state index is 0.0134. The summed E-state index contributed by atoms with van der Waals surface area (Å²) in [4.78, 5) is 11.8. The van der Waals surface area contributed by atoms with E-state index in [0.29, 0.717) is 5.16 Å². The Bertz CT molecular complexity index is 370. The van der Waals surface area contributed by atoms with Crippen molar-refractivity contribution >= 4 is 17.7 Å². The van der Waals surface area contributed by atoms with Gasteiger partial charge in [0.25, 0.3) is 0 Å². The molecule has 0 spiro atoms. The van der Waals surface area contributed by atoms with Crippen LogP contribution in [0.5, 0.6) is 0 Å². The van der Waals surface area contributed by atoms with Gasteiger partial charge in [-0.15, -0.1) is 5.10 Å². The first-order valence-corrected chi connectivity index (χ1v) is 5.88. The van der Waals surface area contributed by atoms with Crippen molar-refractivity contribution in [1.82, 2.24) is 25.5 Å². The van der Waals surface area contributed by atoms with E-state index < -0.39 is 0 Å². The zero-order valence-corrected chi connectivity index (χ0v) is 11.0. The van der Waals surface area contributed by atoms with Crippen LogP contribution in [0.3, 0.4) is 0 Å². The third kappa shape index (κ3) is 3.80. The molecule has 0 aromatic carbocycles. The van der Waals surface area contributed by atoms with Crippen LogP contribution in [0.25, 0.3) is 0 Å². The van der Waals surface area contributed by atoms with Gasteiger partial charge < -0.3 is 5.32 Å². The highest BCUT2D eigenvalue weighted by atomic mass is 32.2. The Labute approximate surface area is 99.2 Å². The van der Waals surface area contributed by atoms with Gasteiger partial charge in [-0.3, -0.25) is 4.79 Å². The van der Waals surface area contributed by atoms with Crippen LogP contribution in [0, 0.1) is 0 Å². The van der Waals surface area contributed by atoms with Crippen molar-refractivity contribution in [2.24, 2.45) is 7.05 Å². The van der Waals surface area contributed by atoms with Crippen LogP contribution < -0.4 is 5.32 Å². The number of thioether (sulfide) groups is 1. The Morgan fingerprint density at radius 2 is 2.12 bits per heavy atom. The van der Waals surface area contributed by atoms with Crippen molar-refractivity contribution in [1.29, 1.82) is 0 Å². The average molecular weight is 243 g/mol. The highest BCUT2D eigenvalue weighted by molar-refractivity contribution is 8.00. The molecule has 0 aliphatic carbocycles. The molecule has 1 unspecified atom stereocenters. The summed E-state index contributed by atoms with van der Waals surface area (Å²) in [7, 11) is 1.75. The molecular formula is C9H17N5OS. The van der Waals surface area contributed by atoms with Crippen molar-refractivity contribution in [3.8, 4) is 0 Å². The van der Waals surface area contributed by atoms with Gasteiger partial charge in [0, 0.05) is 12.6 Å². The first-order chi connectivity index (χ1) is 7.29. The molecule has 1 heterocycles. The molecule has 0 bridgehead atoms. The van der Waals surface area contributed by atoms with Gasteiger partial charge in [0.15, 0.2) is 0 Å². The first kappa shape index (κ1) is 13.0. The van der Waals surface area contributed by atoms with Crippen LogP contribution in [-0.2, 0) is 11.8 Å². The fourth-order valence-electron chi connectivity index (χ4n) is 1.00. The average Bonchev–Trinajstić information content (AvgIpc) is 2.49. The fraction of sp³-hybridized carbons (Fsp3) is 0.778. The molecule has 1 rings (SSSR count). The summed E-state index contributed by atoms with van der Waals surface area (Å²) in [6, 6.07) is 0. The van der Waals surface area contributed by atoms with Gasteiger partial charge in [-0.25, -0.2) is 4.68 Å². The number of nitrogens with one attached hydrogen (secondary N) is 1. The van der Waals surface area contributed by atoms with E-state index in [1.165, 1.54) is 11.8 Å². The number of carbonyl (C=O) groups excluding carboxylic acids is 1. The van der Waals surface area contributed by atoms with E-state index in [9.17, 15) is 4.79 Å². The molecule has 1 N–H and O–H groups in total. The minimum atomic E-state index is -0.219. The Morgan fingerprint density at radius 1 is 1.50 bits per heavy atom. The predicted molar refractivity (Wildman–Crippen MR) is 62.0 cm³/mol. The highest BCUT2D eigenvalue weighted by Gasteiger charge is 2.21. The number of amides is 1. The lowest BCUT2D eigenvalue weighted by Gasteiger charge is -2.22. The van der Waals surface area contributed by atoms with Crippen molar-refractivity contribution < 1.29 is 4.79 Å². The maximum absolute atomic E-state index is 11.8. The SMILES string of the molecule is CC(Sc1nnnn1C)C(=O)NC(C)(C)C. The zero-order chi connectivity index (χ0) is 12.3. The molecule has 6 nitrogen and oxygen atoms in total. The van der Waals surface area contributed by atoms with E-state index in [2.05, 4.69) is 20.8 Å². The van der Waals surface area contributed by atoms with E-state index in [0.717, 1.165) is 0 Å². The largest absolute Gasteiger partial charge is 0.351 e. The molecule has 0 saturated carbocycles. The lowest BCUT2D eigenvalue weighted by atomic mass is 10.1. The Morgan fingerprint density at radius 3 is 2.56 bits per heavy atom. The highest BCUT2D eigenvalue weighted by Crippen LogP contribution is 2.19. The summed E-state index contributed by atoms with van der Waals surface area (Å²) in [5, 5.41) is 14.4. The molecule has 0 radical (unpaired) electrons. The topological polar surface area (TPSA) is 72.7 Å². The number of aryl methyl sites for hydroxylation is 1. The second kappa shape index (κ2) is 4.82. The summed E-state index contributed by atoms with van der Waals surface area (Å²) in [5.74, 6) is -0.0134. The first-order valence-electron chi connectivity index (χ1n) is 5.00. The quantitative estimate of drug-likeness (QED) is 0.787. The van der Waals surface area contributed by atoms with Gasteiger partial charge >= 0.3 is 0 Å². The van der Waals surface area contributed by atoms with E-state index in [1.54, 1.807) is 11.7 Å². The van der Waals surface area contributed by atoms with Crippen LogP contribution in [-0.4, -0.2) is 36.9 Å². The molecule has 7 heteroatoms. The van der Waals surface area contributed by atoms with Gasteiger partial charge in [0.1, 0.15) is 0 Å². The molecule has 1 amide bonds. The van der Waals surface area contributed by atoms with Crippen molar-refractivity contribution in [3.05, 3.63) is 0 Å². The van der Waals surface area contributed by atoms with E-state index >= 15 is 0 Å². The van der Waals surface area contributed by atoms with Gasteiger partial charge in [-0.1, -0.05) is 11.8 Å². The molecule has 1 aromatic heterocycles. The monoisotopic (exact) mass is 243 g/mol. The van der Waals surface area contributed by atoms with E-state index in [4.69, 9.17) is 0 Å². The number of rotatable bonds is 3. The number of tetrazole rings is 1. The standard InChI is InChI=1S/C9H17N5OS/c1-6(7(15)10-9(2,3)4)16-8-11-12-13-14(8)5/h6H,1-5H3,(H,10,15). The number of hydrogen-bond donors (Lipinski definition) is 1. The lowest BCUT2D eigenvalue weighted by Crippen LogP contribution is -2.44. The Hall–Kier alpha value is -1.11. The molecule has 0 saturated heterocycles. The van der Waals surface area contributed by atoms with Crippen LogP contribution >= 0.6 is 11.8 Å². The van der Waals surface area contributed by atoms with Gasteiger partial charge in [0.05, 0.1) is 5.25 Å². The van der Waals surface area contributed by atoms with Crippen LogP contribution in [0.2, 0.25) is 0 Å². The molecule has 16 heavy (non-hydrogen) atoms. The Kier molecular flexibility index (Phi) is 3.90. The minimum Gasteiger partial charge on any atom is -0.351 e. The zero-order valence-electron chi connectivity index (χ0n) is 10.2. The Balaban J connectivity index is 2.56. The molecule has 1 atom stereocenters. The van der Waals surface area contributed by atoms with Gasteiger partial charge in [-0.2, -0.15) is 0 Å². The second-order valence-corrected chi connectivity index (χ2v) is 5.89. The maximum atomic E-state index is 11.8. The van der Waals surface area contributed by atoms with Crippen LogP contribution in [0.15, 0.2) is 5.16 Å². The molecule has 90 valence electrons. The number of nitrogens with zero attached hydrogens (tertiary/aromatic N) is 4. The summed E-state index contributed by atoms with van der Waals surface area (Å²) in [5.41, 5.74) is -0.218. The normalized spacial score (nSPS) is 13.6. The van der Waals surface area contributed by atoms with E-state index in [-0.39, 0.29) is 16.7 Å². The van der Waals surface area contributed by atoms with Crippen molar-refractivity contribution in [2.45, 2.75) is 43.6 Å². The van der Waals surface area contributed by atoms with Crippen LogP contribution in [0.4, 0.5) is 0 Å². The van der Waals surface area contributed by atoms with Gasteiger partial charge in [-0.05, 0) is 38.1 Å². The maximum Gasteiger partial charge on any atom is 0.233 e. The van der Waals surface area contributed by atoms with Gasteiger partial charge in [0.2, 0.25) is 11.1 Å². The van der Waals surface area contributed by atoms with E-state index in [1.807, 2.05) is 27.7 Å². The molecule has 0 aliphatic heterocycles. The molecule has 1 aromatic rings. The lowest BCUT2D eigenvalue weighted by molar-refractivity contribution is -0.121. The summed E-state index contributed by atoms with van der Waals surface area (Å²) >= 11 is 1.34. The molecule has 0 fully saturated rings. The summed E-state index contributed by atoms with van der Waals surface area (Å²) < 4.78 is 1.55. The number of carbonyl (C=O) groups is 1. The molecular weight excluding hydrogens is 226 g/mol. The van der Waals surface area contributed by atoms with Crippen LogP contribution in [0.1, 0.15) is 27.7 Å². The molecule has 0 aliphatic rings. The second-order valence-electron chi connectivity index (χ2n) is 4.58.